The van der Waals surface area contributed by atoms with Crippen molar-refractivity contribution in [2.75, 3.05) is 38.0 Å². The predicted molar refractivity (Wildman–Crippen MR) is 164 cm³/mol. The summed E-state index contributed by atoms with van der Waals surface area (Å²) in [5.41, 5.74) is 6.32. The summed E-state index contributed by atoms with van der Waals surface area (Å²) < 4.78 is 4.33. The highest BCUT2D eigenvalue weighted by molar-refractivity contribution is 5.51. The average Bonchev–Trinajstić information content (AvgIpc) is 2.98. The van der Waals surface area contributed by atoms with Crippen LogP contribution in [0.2, 0.25) is 0 Å². The Morgan fingerprint density at radius 2 is 0.900 bits per heavy atom. The molecule has 4 aromatic rings. The monoisotopic (exact) mass is 524 g/mol. The Hall–Kier alpha value is -4.98. The van der Waals surface area contributed by atoms with Gasteiger partial charge in [-0.25, -0.2) is 0 Å². The van der Waals surface area contributed by atoms with Crippen LogP contribution in [0.25, 0.3) is 0 Å². The summed E-state index contributed by atoms with van der Waals surface area (Å²) in [5.74, 6) is 19.9. The van der Waals surface area contributed by atoms with Gasteiger partial charge in [-0.1, -0.05) is 23.7 Å². The molecule has 0 amide bonds. The number of anilines is 2. The molecule has 0 spiro atoms. The van der Waals surface area contributed by atoms with Crippen LogP contribution in [0.5, 0.6) is 0 Å². The van der Waals surface area contributed by atoms with Crippen LogP contribution in [0.1, 0.15) is 35.4 Å². The fraction of sp³-hybridized carbons (Fsp3) is 0.222. The van der Waals surface area contributed by atoms with Crippen molar-refractivity contribution < 1.29 is 9.13 Å². The number of aromatic nitrogens is 2. The zero-order valence-electron chi connectivity index (χ0n) is 23.9. The lowest BCUT2D eigenvalue weighted by molar-refractivity contribution is -0.698. The van der Waals surface area contributed by atoms with Gasteiger partial charge in [0.25, 0.3) is 11.4 Å². The molecular formula is C36H36N4+2. The molecule has 2 aromatic heterocycles. The second kappa shape index (κ2) is 14.2. The normalized spacial score (nSPS) is 9.80. The predicted octanol–water partition coefficient (Wildman–Crippen LogP) is 4.68. The van der Waals surface area contributed by atoms with Crippen LogP contribution in [-0.4, -0.2) is 28.2 Å². The van der Waals surface area contributed by atoms with Crippen molar-refractivity contribution in [1.82, 2.24) is 0 Å². The molecule has 0 aliphatic rings. The summed E-state index contributed by atoms with van der Waals surface area (Å²) >= 11 is 0. The van der Waals surface area contributed by atoms with Crippen molar-refractivity contribution >= 4 is 11.4 Å². The second-order valence-electron chi connectivity index (χ2n) is 9.79. The fourth-order valence-corrected chi connectivity index (χ4v) is 4.06. The highest BCUT2D eigenvalue weighted by atomic mass is 15.1. The van der Waals surface area contributed by atoms with Crippen molar-refractivity contribution in [2.45, 2.75) is 25.9 Å². The number of aryl methyl sites for hydroxylation is 2. The van der Waals surface area contributed by atoms with E-state index < -0.39 is 0 Å². The van der Waals surface area contributed by atoms with Crippen molar-refractivity contribution in [3.05, 3.63) is 120 Å². The first kappa shape index (κ1) is 28.0. The van der Waals surface area contributed by atoms with E-state index in [1.54, 1.807) is 0 Å². The Kier molecular flexibility index (Phi) is 9.99. The maximum Gasteiger partial charge on any atom is 0.257 e. The summed E-state index contributed by atoms with van der Waals surface area (Å²) in [7, 11) is 8.15. The smallest absolute Gasteiger partial charge is 0.257 e. The Balaban J connectivity index is 1.32. The van der Waals surface area contributed by atoms with Crippen molar-refractivity contribution in [2.24, 2.45) is 0 Å². The third kappa shape index (κ3) is 8.26. The molecule has 0 aliphatic carbocycles. The van der Waals surface area contributed by atoms with E-state index in [9.17, 15) is 0 Å². The maximum atomic E-state index is 3.34. The molecule has 0 N–H and O–H groups in total. The molecule has 4 nitrogen and oxygen atoms in total. The maximum absolute atomic E-state index is 3.34. The first-order chi connectivity index (χ1) is 19.5. The number of hydrogen-bond donors (Lipinski definition) is 0. The molecule has 0 atom stereocenters. The molecular weight excluding hydrogens is 488 g/mol. The van der Waals surface area contributed by atoms with E-state index in [1.807, 2.05) is 52.5 Å². The highest BCUT2D eigenvalue weighted by Gasteiger charge is 2.07. The minimum atomic E-state index is 0.774. The summed E-state index contributed by atoms with van der Waals surface area (Å²) in [6, 6.07) is 28.8. The molecule has 0 aliphatic heterocycles. The van der Waals surface area contributed by atoms with Crippen LogP contribution >= 0.6 is 0 Å². The molecule has 40 heavy (non-hydrogen) atoms. The van der Waals surface area contributed by atoms with Gasteiger partial charge < -0.3 is 9.80 Å². The van der Waals surface area contributed by atoms with Crippen LogP contribution in [0, 0.1) is 35.5 Å². The Bertz CT molecular complexity index is 1480. The van der Waals surface area contributed by atoms with Crippen LogP contribution in [0.3, 0.4) is 0 Å². The quantitative estimate of drug-likeness (QED) is 0.269. The minimum absolute atomic E-state index is 0.774. The summed E-state index contributed by atoms with van der Waals surface area (Å²) in [6.45, 7) is 1.61. The van der Waals surface area contributed by atoms with Gasteiger partial charge in [0.2, 0.25) is 0 Å². The number of benzene rings is 2. The summed E-state index contributed by atoms with van der Waals surface area (Å²) in [4.78, 5) is 4.17. The standard InChI is InChI=1S/C36H36N4/c1-37(2)33-21-15-31(16-22-33)19-25-35-13-7-11-29-39(35)27-9-5-6-10-28-40-30-12-8-14-36(40)26-20-32-17-23-34(24-18-32)38(3)4/h7-8,11-18,21-24,29-30H,9-10,27-28H2,1-4H3/q+2. The van der Waals surface area contributed by atoms with Gasteiger partial charge in [0.1, 0.15) is 0 Å². The van der Waals surface area contributed by atoms with Gasteiger partial charge in [-0.3, -0.25) is 0 Å². The van der Waals surface area contributed by atoms with E-state index in [-0.39, 0.29) is 0 Å². The first-order valence-corrected chi connectivity index (χ1v) is 13.5. The van der Waals surface area contributed by atoms with E-state index in [0.29, 0.717) is 0 Å². The molecule has 0 saturated carbocycles. The number of rotatable bonds is 6. The minimum Gasteiger partial charge on any atom is -0.378 e. The lowest BCUT2D eigenvalue weighted by atomic mass is 10.2. The van der Waals surface area contributed by atoms with Gasteiger partial charge in [-0.05, 0) is 60.7 Å². The molecule has 4 heteroatoms. The fourth-order valence-electron chi connectivity index (χ4n) is 4.06. The third-order valence-electron chi connectivity index (χ3n) is 6.40. The molecule has 0 fully saturated rings. The van der Waals surface area contributed by atoms with Gasteiger partial charge in [0.05, 0.1) is 12.8 Å². The van der Waals surface area contributed by atoms with Crippen molar-refractivity contribution in [3.8, 4) is 35.5 Å². The molecule has 0 bridgehead atoms. The van der Waals surface area contributed by atoms with Gasteiger partial charge in [-0.2, -0.15) is 9.13 Å². The van der Waals surface area contributed by atoms with Crippen molar-refractivity contribution in [3.63, 3.8) is 0 Å². The molecule has 2 aromatic carbocycles. The van der Waals surface area contributed by atoms with Gasteiger partial charge in [-0.15, -0.1) is 0 Å². The summed E-state index contributed by atoms with van der Waals surface area (Å²) in [5, 5.41) is 0. The van der Waals surface area contributed by atoms with Gasteiger partial charge in [0, 0.05) is 86.8 Å². The number of hydrogen-bond acceptors (Lipinski definition) is 2. The Labute approximate surface area is 239 Å². The second-order valence-corrected chi connectivity index (χ2v) is 9.79. The summed E-state index contributed by atoms with van der Waals surface area (Å²) in [6.07, 6.45) is 5.69. The van der Waals surface area contributed by atoms with E-state index >= 15 is 0 Å². The largest absolute Gasteiger partial charge is 0.378 e. The highest BCUT2D eigenvalue weighted by Crippen LogP contribution is 2.12. The van der Waals surface area contributed by atoms with Crippen molar-refractivity contribution in [1.29, 1.82) is 0 Å². The van der Waals surface area contributed by atoms with Gasteiger partial charge in [0.15, 0.2) is 25.5 Å². The molecule has 198 valence electrons. The zero-order chi connectivity index (χ0) is 28.2. The van der Waals surface area contributed by atoms with Crippen LogP contribution in [0.15, 0.2) is 97.3 Å². The van der Waals surface area contributed by atoms with E-state index in [0.717, 1.165) is 48.4 Å². The molecule has 0 radical (unpaired) electrons. The third-order valence-corrected chi connectivity index (χ3v) is 6.40. The van der Waals surface area contributed by atoms with Crippen LogP contribution in [0.4, 0.5) is 11.4 Å². The molecule has 0 unspecified atom stereocenters. The molecule has 2 heterocycles. The Morgan fingerprint density at radius 3 is 1.27 bits per heavy atom. The Morgan fingerprint density at radius 1 is 0.500 bits per heavy atom. The van der Waals surface area contributed by atoms with E-state index in [1.165, 1.54) is 11.4 Å². The zero-order valence-corrected chi connectivity index (χ0v) is 23.9. The first-order valence-electron chi connectivity index (χ1n) is 13.5. The lowest BCUT2D eigenvalue weighted by Crippen LogP contribution is -2.37. The lowest BCUT2D eigenvalue weighted by Gasteiger charge is -2.11. The van der Waals surface area contributed by atoms with Crippen LogP contribution < -0.4 is 18.9 Å². The average molecular weight is 525 g/mol. The van der Waals surface area contributed by atoms with Gasteiger partial charge >= 0.3 is 0 Å². The SMILES string of the molecule is CN(C)c1ccc(C#Cc2cccc[n+]2CCC#CCC[n+]2ccccc2C#Cc2ccc(N(C)C)cc2)cc1. The number of pyridine rings is 2. The van der Waals surface area contributed by atoms with E-state index in [2.05, 4.69) is 128 Å². The van der Waals surface area contributed by atoms with E-state index in [4.69, 9.17) is 0 Å². The molecule has 4 rings (SSSR count). The topological polar surface area (TPSA) is 14.2 Å². The molecule has 0 saturated heterocycles. The van der Waals surface area contributed by atoms with Crippen LogP contribution in [-0.2, 0) is 13.1 Å². The number of nitrogens with zero attached hydrogens (tertiary/aromatic N) is 4.